The Morgan fingerprint density at radius 3 is 2.12 bits per heavy atom. The summed E-state index contributed by atoms with van der Waals surface area (Å²) in [4.78, 5) is 0. The lowest BCUT2D eigenvalue weighted by Gasteiger charge is -2.10. The standard InChI is InChI=1S/C16H16O/c1-2-16(14-11-7-4-8-12-14)15(17-16)13-9-5-3-6-10-13/h3-12,15H,2H2,1H3/t15-,16+/m1/s1. The van der Waals surface area contributed by atoms with Crippen molar-refractivity contribution in [3.05, 3.63) is 71.8 Å². The Hall–Kier alpha value is -1.60. The molecular formula is C16H16O. The van der Waals surface area contributed by atoms with Crippen molar-refractivity contribution in [2.45, 2.75) is 25.0 Å². The zero-order chi connectivity index (χ0) is 11.7. The number of epoxide rings is 1. The maximum atomic E-state index is 6.03. The molecule has 1 saturated heterocycles. The van der Waals surface area contributed by atoms with Crippen molar-refractivity contribution < 1.29 is 4.74 Å². The highest BCUT2D eigenvalue weighted by molar-refractivity contribution is 5.35. The zero-order valence-electron chi connectivity index (χ0n) is 9.97. The summed E-state index contributed by atoms with van der Waals surface area (Å²) in [6.45, 7) is 2.19. The Kier molecular flexibility index (Phi) is 2.49. The SMILES string of the molecule is CC[C@@]1(c2ccccc2)O[C@@H]1c1ccccc1. The van der Waals surface area contributed by atoms with Crippen LogP contribution in [0.3, 0.4) is 0 Å². The fraction of sp³-hybridized carbons (Fsp3) is 0.250. The second kappa shape index (κ2) is 4.01. The van der Waals surface area contributed by atoms with Gasteiger partial charge in [0, 0.05) is 0 Å². The molecule has 86 valence electrons. The molecule has 1 fully saturated rings. The van der Waals surface area contributed by atoms with Crippen LogP contribution in [0.25, 0.3) is 0 Å². The van der Waals surface area contributed by atoms with Gasteiger partial charge in [-0.05, 0) is 17.5 Å². The smallest absolute Gasteiger partial charge is 0.124 e. The third-order valence-electron chi connectivity index (χ3n) is 3.58. The Labute approximate surface area is 102 Å². The van der Waals surface area contributed by atoms with E-state index in [-0.39, 0.29) is 11.7 Å². The highest BCUT2D eigenvalue weighted by Gasteiger charge is 2.56. The van der Waals surface area contributed by atoms with Gasteiger partial charge in [0.1, 0.15) is 11.7 Å². The van der Waals surface area contributed by atoms with Gasteiger partial charge < -0.3 is 4.74 Å². The van der Waals surface area contributed by atoms with Crippen LogP contribution in [0.15, 0.2) is 60.7 Å². The first-order valence-electron chi connectivity index (χ1n) is 6.15. The molecule has 17 heavy (non-hydrogen) atoms. The molecule has 0 spiro atoms. The molecule has 0 unspecified atom stereocenters. The lowest BCUT2D eigenvalue weighted by atomic mass is 9.90. The predicted octanol–water partition coefficient (Wildman–Crippen LogP) is 4.06. The van der Waals surface area contributed by atoms with Gasteiger partial charge in [0.15, 0.2) is 0 Å². The Morgan fingerprint density at radius 1 is 0.941 bits per heavy atom. The van der Waals surface area contributed by atoms with Gasteiger partial charge >= 0.3 is 0 Å². The molecule has 1 aliphatic rings. The zero-order valence-corrected chi connectivity index (χ0v) is 9.97. The van der Waals surface area contributed by atoms with Gasteiger partial charge in [-0.1, -0.05) is 67.6 Å². The van der Waals surface area contributed by atoms with Crippen LogP contribution in [-0.4, -0.2) is 0 Å². The van der Waals surface area contributed by atoms with E-state index in [1.165, 1.54) is 11.1 Å². The third kappa shape index (κ3) is 1.67. The monoisotopic (exact) mass is 224 g/mol. The predicted molar refractivity (Wildman–Crippen MR) is 68.7 cm³/mol. The summed E-state index contributed by atoms with van der Waals surface area (Å²) < 4.78 is 6.03. The number of benzene rings is 2. The van der Waals surface area contributed by atoms with E-state index in [0.717, 1.165) is 6.42 Å². The molecule has 3 rings (SSSR count). The average molecular weight is 224 g/mol. The fourth-order valence-corrected chi connectivity index (χ4v) is 2.55. The fourth-order valence-electron chi connectivity index (χ4n) is 2.55. The highest BCUT2D eigenvalue weighted by Crippen LogP contribution is 2.58. The molecule has 0 radical (unpaired) electrons. The number of rotatable bonds is 3. The summed E-state index contributed by atoms with van der Waals surface area (Å²) in [5, 5.41) is 0. The molecule has 0 amide bonds. The van der Waals surface area contributed by atoms with Crippen LogP contribution in [0.5, 0.6) is 0 Å². The maximum absolute atomic E-state index is 6.03. The van der Waals surface area contributed by atoms with Crippen LogP contribution >= 0.6 is 0 Å². The first-order chi connectivity index (χ1) is 8.37. The van der Waals surface area contributed by atoms with Crippen LogP contribution in [-0.2, 0) is 10.3 Å². The molecule has 0 N–H and O–H groups in total. The van der Waals surface area contributed by atoms with Crippen molar-refractivity contribution in [1.82, 2.24) is 0 Å². The minimum absolute atomic E-state index is 0.0946. The number of hydrogen-bond acceptors (Lipinski definition) is 1. The van der Waals surface area contributed by atoms with Crippen LogP contribution in [0.4, 0.5) is 0 Å². The number of ether oxygens (including phenoxy) is 1. The molecule has 1 heterocycles. The normalized spacial score (nSPS) is 26.8. The van der Waals surface area contributed by atoms with Crippen molar-refractivity contribution in [3.63, 3.8) is 0 Å². The molecule has 2 aromatic carbocycles. The molecule has 2 atom stereocenters. The van der Waals surface area contributed by atoms with Crippen molar-refractivity contribution in [1.29, 1.82) is 0 Å². The molecule has 0 bridgehead atoms. The Balaban J connectivity index is 1.94. The molecule has 0 aliphatic carbocycles. The van der Waals surface area contributed by atoms with Crippen LogP contribution in [0, 0.1) is 0 Å². The van der Waals surface area contributed by atoms with Crippen molar-refractivity contribution in [2.75, 3.05) is 0 Å². The summed E-state index contributed by atoms with van der Waals surface area (Å²) in [5.41, 5.74) is 2.47. The third-order valence-corrected chi connectivity index (χ3v) is 3.58. The molecule has 1 heteroatoms. The Morgan fingerprint density at radius 2 is 1.53 bits per heavy atom. The summed E-state index contributed by atoms with van der Waals surface area (Å²) >= 11 is 0. The van der Waals surface area contributed by atoms with E-state index >= 15 is 0 Å². The van der Waals surface area contributed by atoms with Crippen molar-refractivity contribution in [2.24, 2.45) is 0 Å². The lowest BCUT2D eigenvalue weighted by Crippen LogP contribution is -2.08. The average Bonchev–Trinajstić information content (AvgIpc) is 3.17. The minimum Gasteiger partial charge on any atom is -0.356 e. The first kappa shape index (κ1) is 10.5. The summed E-state index contributed by atoms with van der Waals surface area (Å²) in [6, 6.07) is 21.0. The maximum Gasteiger partial charge on any atom is 0.124 e. The van der Waals surface area contributed by atoms with Crippen LogP contribution in [0.2, 0.25) is 0 Å². The summed E-state index contributed by atoms with van der Waals surface area (Å²) in [7, 11) is 0. The van der Waals surface area contributed by atoms with E-state index in [2.05, 4.69) is 55.5 Å². The van der Waals surface area contributed by atoms with E-state index in [1.54, 1.807) is 0 Å². The van der Waals surface area contributed by atoms with E-state index < -0.39 is 0 Å². The van der Waals surface area contributed by atoms with E-state index in [0.29, 0.717) is 0 Å². The topological polar surface area (TPSA) is 12.5 Å². The molecule has 0 aromatic heterocycles. The van der Waals surface area contributed by atoms with Gasteiger partial charge in [-0.3, -0.25) is 0 Å². The molecule has 1 aliphatic heterocycles. The molecular weight excluding hydrogens is 208 g/mol. The second-order valence-electron chi connectivity index (χ2n) is 4.52. The Bertz CT molecular complexity index is 491. The van der Waals surface area contributed by atoms with Gasteiger partial charge in [-0.2, -0.15) is 0 Å². The molecule has 2 aromatic rings. The van der Waals surface area contributed by atoms with E-state index in [4.69, 9.17) is 4.74 Å². The quantitative estimate of drug-likeness (QED) is 0.716. The first-order valence-corrected chi connectivity index (χ1v) is 6.15. The van der Waals surface area contributed by atoms with Gasteiger partial charge in [-0.15, -0.1) is 0 Å². The van der Waals surface area contributed by atoms with Crippen molar-refractivity contribution in [3.8, 4) is 0 Å². The van der Waals surface area contributed by atoms with Crippen molar-refractivity contribution >= 4 is 0 Å². The molecule has 0 saturated carbocycles. The summed E-state index contributed by atoms with van der Waals surface area (Å²) in [5.74, 6) is 0. The van der Waals surface area contributed by atoms with Crippen LogP contribution in [0.1, 0.15) is 30.6 Å². The van der Waals surface area contributed by atoms with Gasteiger partial charge in [-0.25, -0.2) is 0 Å². The highest BCUT2D eigenvalue weighted by atomic mass is 16.6. The van der Waals surface area contributed by atoms with E-state index in [9.17, 15) is 0 Å². The van der Waals surface area contributed by atoms with Gasteiger partial charge in [0.25, 0.3) is 0 Å². The largest absolute Gasteiger partial charge is 0.356 e. The van der Waals surface area contributed by atoms with Gasteiger partial charge in [0.2, 0.25) is 0 Å². The summed E-state index contributed by atoms with van der Waals surface area (Å²) in [6.07, 6.45) is 1.23. The number of hydrogen-bond donors (Lipinski definition) is 0. The van der Waals surface area contributed by atoms with Crippen LogP contribution < -0.4 is 0 Å². The molecule has 1 nitrogen and oxygen atoms in total. The van der Waals surface area contributed by atoms with E-state index in [1.807, 2.05) is 12.1 Å². The minimum atomic E-state index is -0.0946. The second-order valence-corrected chi connectivity index (χ2v) is 4.52. The van der Waals surface area contributed by atoms with Gasteiger partial charge in [0.05, 0.1) is 0 Å². The lowest BCUT2D eigenvalue weighted by molar-refractivity contribution is 0.290.